The molecule has 64 valence electrons. The molecule has 0 heterocycles. The molecule has 11 heavy (non-hydrogen) atoms. The van der Waals surface area contributed by atoms with E-state index in [1.54, 1.807) is 19.9 Å². The summed E-state index contributed by atoms with van der Waals surface area (Å²) in [6.45, 7) is 8.91. The summed E-state index contributed by atoms with van der Waals surface area (Å²) in [7, 11) is 0. The lowest BCUT2D eigenvalue weighted by Gasteiger charge is -2.20. The summed E-state index contributed by atoms with van der Waals surface area (Å²) in [6, 6.07) is 0. The van der Waals surface area contributed by atoms with Gasteiger partial charge in [0.2, 0.25) is 0 Å². The van der Waals surface area contributed by atoms with Crippen molar-refractivity contribution in [3.05, 3.63) is 12.7 Å². The van der Waals surface area contributed by atoms with Gasteiger partial charge in [0, 0.05) is 5.25 Å². The van der Waals surface area contributed by atoms with Gasteiger partial charge < -0.3 is 5.11 Å². The number of carbonyl (C=O) groups is 1. The lowest BCUT2D eigenvalue weighted by atomic mass is 10.2. The van der Waals surface area contributed by atoms with Gasteiger partial charge in [0.25, 0.3) is 0 Å². The monoisotopic (exact) mass is 174 g/mol. The Bertz CT molecular complexity index is 163. The van der Waals surface area contributed by atoms with Crippen molar-refractivity contribution >= 4 is 17.7 Å². The quantitative estimate of drug-likeness (QED) is 0.663. The van der Waals surface area contributed by atoms with Crippen LogP contribution in [-0.4, -0.2) is 21.1 Å². The minimum Gasteiger partial charge on any atom is -0.480 e. The highest BCUT2D eigenvalue weighted by Gasteiger charge is 2.28. The summed E-state index contributed by atoms with van der Waals surface area (Å²) in [5.41, 5.74) is 0. The standard InChI is InChI=1S/C8H14O2S/c1-5-6(2)11-8(3,4)7(9)10/h5-6H,1H2,2-4H3,(H,9,10). The second-order valence-corrected chi connectivity index (χ2v) is 4.87. The fourth-order valence-corrected chi connectivity index (χ4v) is 1.69. The van der Waals surface area contributed by atoms with Crippen molar-refractivity contribution in [2.75, 3.05) is 0 Å². The van der Waals surface area contributed by atoms with Crippen molar-refractivity contribution in [3.63, 3.8) is 0 Å². The number of aliphatic carboxylic acids is 1. The minimum absolute atomic E-state index is 0.182. The van der Waals surface area contributed by atoms with E-state index < -0.39 is 10.7 Å². The second kappa shape index (κ2) is 3.81. The number of rotatable bonds is 4. The Morgan fingerprint density at radius 3 is 2.45 bits per heavy atom. The van der Waals surface area contributed by atoms with Crippen LogP contribution in [0.4, 0.5) is 0 Å². The third kappa shape index (κ3) is 3.46. The van der Waals surface area contributed by atoms with Crippen LogP contribution in [-0.2, 0) is 4.79 Å². The van der Waals surface area contributed by atoms with Gasteiger partial charge in [-0.25, -0.2) is 0 Å². The molecule has 0 aliphatic rings. The van der Waals surface area contributed by atoms with Crippen LogP contribution < -0.4 is 0 Å². The highest BCUT2D eigenvalue weighted by Crippen LogP contribution is 2.29. The van der Waals surface area contributed by atoms with Gasteiger partial charge in [0.05, 0.1) is 0 Å². The normalized spacial score (nSPS) is 14.1. The number of carboxylic acids is 1. The first-order chi connectivity index (χ1) is 4.90. The van der Waals surface area contributed by atoms with Gasteiger partial charge >= 0.3 is 5.97 Å². The van der Waals surface area contributed by atoms with Crippen LogP contribution in [0.1, 0.15) is 20.8 Å². The van der Waals surface area contributed by atoms with Crippen LogP contribution in [0.5, 0.6) is 0 Å². The molecule has 0 aliphatic carbocycles. The second-order valence-electron chi connectivity index (χ2n) is 2.87. The molecule has 0 aliphatic heterocycles. The summed E-state index contributed by atoms with van der Waals surface area (Å²) in [5.74, 6) is -0.781. The molecule has 0 fully saturated rings. The fourth-order valence-electron chi connectivity index (χ4n) is 0.563. The summed E-state index contributed by atoms with van der Waals surface area (Å²) in [6.07, 6.45) is 1.75. The third-order valence-corrected chi connectivity index (χ3v) is 2.66. The minimum atomic E-state index is -0.781. The van der Waals surface area contributed by atoms with E-state index in [1.807, 2.05) is 6.92 Å². The Hall–Kier alpha value is -0.440. The van der Waals surface area contributed by atoms with Crippen molar-refractivity contribution in [1.29, 1.82) is 0 Å². The molecule has 0 saturated carbocycles. The zero-order valence-corrected chi connectivity index (χ0v) is 7.94. The molecule has 1 N–H and O–H groups in total. The van der Waals surface area contributed by atoms with E-state index in [0.717, 1.165) is 0 Å². The van der Waals surface area contributed by atoms with Crippen molar-refractivity contribution in [2.45, 2.75) is 30.8 Å². The molecular weight excluding hydrogens is 160 g/mol. The maximum Gasteiger partial charge on any atom is 0.319 e. The van der Waals surface area contributed by atoms with Crippen molar-refractivity contribution in [3.8, 4) is 0 Å². The Balaban J connectivity index is 4.11. The molecule has 0 saturated heterocycles. The lowest BCUT2D eigenvalue weighted by molar-refractivity contribution is -0.138. The largest absolute Gasteiger partial charge is 0.480 e. The van der Waals surface area contributed by atoms with Gasteiger partial charge in [-0.3, -0.25) is 4.79 Å². The molecule has 0 aromatic rings. The van der Waals surface area contributed by atoms with Gasteiger partial charge in [-0.2, -0.15) is 0 Å². The van der Waals surface area contributed by atoms with Crippen molar-refractivity contribution in [1.82, 2.24) is 0 Å². The van der Waals surface area contributed by atoms with Crippen LogP contribution in [0, 0.1) is 0 Å². The highest BCUT2D eigenvalue weighted by molar-refractivity contribution is 8.02. The summed E-state index contributed by atoms with van der Waals surface area (Å²) >= 11 is 1.39. The fraction of sp³-hybridized carbons (Fsp3) is 0.625. The Labute approximate surface area is 71.7 Å². The Morgan fingerprint density at radius 1 is 1.73 bits per heavy atom. The van der Waals surface area contributed by atoms with Crippen LogP contribution >= 0.6 is 11.8 Å². The number of hydrogen-bond acceptors (Lipinski definition) is 2. The zero-order valence-electron chi connectivity index (χ0n) is 7.13. The van der Waals surface area contributed by atoms with Gasteiger partial charge in [-0.1, -0.05) is 6.08 Å². The first kappa shape index (κ1) is 10.6. The van der Waals surface area contributed by atoms with Gasteiger partial charge in [-0.15, -0.1) is 18.3 Å². The van der Waals surface area contributed by atoms with E-state index >= 15 is 0 Å². The average Bonchev–Trinajstić information content (AvgIpc) is 1.86. The predicted molar refractivity (Wildman–Crippen MR) is 49.0 cm³/mol. The summed E-state index contributed by atoms with van der Waals surface area (Å²) in [5, 5.41) is 8.91. The van der Waals surface area contributed by atoms with Crippen LogP contribution in [0.2, 0.25) is 0 Å². The van der Waals surface area contributed by atoms with Crippen LogP contribution in [0.3, 0.4) is 0 Å². The van der Waals surface area contributed by atoms with E-state index in [9.17, 15) is 4.79 Å². The molecule has 0 aromatic heterocycles. The smallest absolute Gasteiger partial charge is 0.319 e. The SMILES string of the molecule is C=CC(C)SC(C)(C)C(=O)O. The molecule has 0 aromatic carbocycles. The molecular formula is C8H14O2S. The summed E-state index contributed by atoms with van der Waals surface area (Å²) in [4.78, 5) is 10.6. The van der Waals surface area contributed by atoms with Crippen molar-refractivity contribution < 1.29 is 9.90 Å². The van der Waals surface area contributed by atoms with E-state index in [0.29, 0.717) is 0 Å². The average molecular weight is 174 g/mol. The lowest BCUT2D eigenvalue weighted by Crippen LogP contribution is -2.28. The maximum atomic E-state index is 10.6. The summed E-state index contributed by atoms with van der Waals surface area (Å²) < 4.78 is -0.715. The Morgan fingerprint density at radius 2 is 2.18 bits per heavy atom. The van der Waals surface area contributed by atoms with E-state index in [1.165, 1.54) is 11.8 Å². The molecule has 0 radical (unpaired) electrons. The van der Waals surface area contributed by atoms with Gasteiger partial charge in [0.15, 0.2) is 0 Å². The molecule has 0 spiro atoms. The predicted octanol–water partition coefficient (Wildman–Crippen LogP) is 2.16. The molecule has 2 nitrogen and oxygen atoms in total. The number of carboxylic acid groups (broad SMARTS) is 1. The number of thioether (sulfide) groups is 1. The topological polar surface area (TPSA) is 37.3 Å². The first-order valence-corrected chi connectivity index (χ1v) is 4.32. The molecule has 1 unspecified atom stereocenters. The molecule has 0 rings (SSSR count). The third-order valence-electron chi connectivity index (χ3n) is 1.33. The number of hydrogen-bond donors (Lipinski definition) is 1. The van der Waals surface area contributed by atoms with E-state index in [-0.39, 0.29) is 5.25 Å². The van der Waals surface area contributed by atoms with Gasteiger partial charge in [0.1, 0.15) is 4.75 Å². The molecule has 3 heteroatoms. The maximum absolute atomic E-state index is 10.6. The zero-order chi connectivity index (χ0) is 9.07. The van der Waals surface area contributed by atoms with Crippen LogP contribution in [0.25, 0.3) is 0 Å². The van der Waals surface area contributed by atoms with E-state index in [2.05, 4.69) is 6.58 Å². The van der Waals surface area contributed by atoms with Crippen LogP contribution in [0.15, 0.2) is 12.7 Å². The van der Waals surface area contributed by atoms with Gasteiger partial charge in [-0.05, 0) is 20.8 Å². The highest BCUT2D eigenvalue weighted by atomic mass is 32.2. The molecule has 1 atom stereocenters. The molecule has 0 bridgehead atoms. The Kier molecular flexibility index (Phi) is 3.66. The first-order valence-electron chi connectivity index (χ1n) is 3.44. The van der Waals surface area contributed by atoms with Crippen molar-refractivity contribution in [2.24, 2.45) is 0 Å². The van der Waals surface area contributed by atoms with E-state index in [4.69, 9.17) is 5.11 Å². The molecule has 0 amide bonds.